The standard InChI is InChI=1S/C11H23N3O/c1-10(2,3)13-9(12)14-6-7-15-8-11(14,4)5/h6-8H2,1-5H3,(H2,12,13). The molecular formula is C11H23N3O. The Morgan fingerprint density at radius 1 is 1.40 bits per heavy atom. The van der Waals surface area contributed by atoms with Crippen LogP contribution in [0.25, 0.3) is 0 Å². The van der Waals surface area contributed by atoms with Crippen LogP contribution >= 0.6 is 0 Å². The minimum Gasteiger partial charge on any atom is -0.377 e. The zero-order valence-corrected chi connectivity index (χ0v) is 10.5. The van der Waals surface area contributed by atoms with Crippen molar-refractivity contribution in [1.29, 1.82) is 0 Å². The van der Waals surface area contributed by atoms with E-state index in [-0.39, 0.29) is 11.1 Å². The normalized spacial score (nSPS) is 23.0. The Hall–Kier alpha value is -0.770. The van der Waals surface area contributed by atoms with Gasteiger partial charge in [-0.3, -0.25) is 0 Å². The fourth-order valence-electron chi connectivity index (χ4n) is 1.69. The molecule has 1 aliphatic rings. The van der Waals surface area contributed by atoms with Crippen LogP contribution in [0.3, 0.4) is 0 Å². The molecule has 0 atom stereocenters. The Labute approximate surface area is 92.5 Å². The van der Waals surface area contributed by atoms with Gasteiger partial charge < -0.3 is 15.4 Å². The highest BCUT2D eigenvalue weighted by Gasteiger charge is 2.32. The number of nitrogens with two attached hydrogens (primary N) is 1. The predicted molar refractivity (Wildman–Crippen MR) is 63.0 cm³/mol. The van der Waals surface area contributed by atoms with E-state index < -0.39 is 0 Å². The minimum atomic E-state index is -0.127. The van der Waals surface area contributed by atoms with Gasteiger partial charge >= 0.3 is 0 Å². The maximum atomic E-state index is 6.03. The first-order chi connectivity index (χ1) is 6.72. The van der Waals surface area contributed by atoms with E-state index in [2.05, 4.69) is 23.7 Å². The predicted octanol–water partition coefficient (Wildman–Crippen LogP) is 1.21. The van der Waals surface area contributed by atoms with E-state index in [1.165, 1.54) is 0 Å². The third-order valence-corrected chi connectivity index (χ3v) is 2.37. The lowest BCUT2D eigenvalue weighted by Crippen LogP contribution is -2.58. The van der Waals surface area contributed by atoms with Crippen molar-refractivity contribution in [2.75, 3.05) is 19.8 Å². The Morgan fingerprint density at radius 3 is 2.47 bits per heavy atom. The highest BCUT2D eigenvalue weighted by Crippen LogP contribution is 2.19. The Bertz CT molecular complexity index is 253. The monoisotopic (exact) mass is 213 g/mol. The van der Waals surface area contributed by atoms with E-state index in [0.29, 0.717) is 12.6 Å². The summed E-state index contributed by atoms with van der Waals surface area (Å²) >= 11 is 0. The van der Waals surface area contributed by atoms with E-state index in [1.54, 1.807) is 0 Å². The number of hydrogen-bond donors (Lipinski definition) is 1. The first kappa shape index (κ1) is 12.3. The topological polar surface area (TPSA) is 50.8 Å². The lowest BCUT2D eigenvalue weighted by molar-refractivity contribution is -0.0159. The molecule has 0 aromatic rings. The van der Waals surface area contributed by atoms with Crippen LogP contribution in [-0.4, -0.2) is 41.7 Å². The lowest BCUT2D eigenvalue weighted by Gasteiger charge is -2.43. The summed E-state index contributed by atoms with van der Waals surface area (Å²) in [4.78, 5) is 6.62. The van der Waals surface area contributed by atoms with Crippen molar-refractivity contribution >= 4 is 5.96 Å². The quantitative estimate of drug-likeness (QED) is 0.486. The molecule has 0 bridgehead atoms. The minimum absolute atomic E-state index is 0.0584. The summed E-state index contributed by atoms with van der Waals surface area (Å²) in [5.41, 5.74) is 5.85. The molecule has 0 aliphatic carbocycles. The molecule has 1 fully saturated rings. The molecule has 15 heavy (non-hydrogen) atoms. The van der Waals surface area contributed by atoms with Crippen LogP contribution in [0.5, 0.6) is 0 Å². The molecule has 0 amide bonds. The summed E-state index contributed by atoms with van der Waals surface area (Å²) in [6.45, 7) is 12.6. The fraction of sp³-hybridized carbons (Fsp3) is 0.909. The molecule has 4 heteroatoms. The molecule has 1 aliphatic heterocycles. The summed E-state index contributed by atoms with van der Waals surface area (Å²) in [5.74, 6) is 0.621. The molecule has 88 valence electrons. The number of morpholine rings is 1. The van der Waals surface area contributed by atoms with Crippen molar-refractivity contribution < 1.29 is 4.74 Å². The van der Waals surface area contributed by atoms with Crippen LogP contribution in [0, 0.1) is 0 Å². The second-order valence-electron chi connectivity index (χ2n) is 5.66. The molecule has 0 aromatic heterocycles. The molecule has 0 radical (unpaired) electrons. The first-order valence-corrected chi connectivity index (χ1v) is 5.43. The van der Waals surface area contributed by atoms with Gasteiger partial charge in [0, 0.05) is 6.54 Å². The van der Waals surface area contributed by atoms with Crippen LogP contribution in [0.15, 0.2) is 4.99 Å². The van der Waals surface area contributed by atoms with Crippen molar-refractivity contribution in [3.05, 3.63) is 0 Å². The molecular weight excluding hydrogens is 190 g/mol. The summed E-state index contributed by atoms with van der Waals surface area (Å²) in [6, 6.07) is 0. The summed E-state index contributed by atoms with van der Waals surface area (Å²) in [6.07, 6.45) is 0. The Kier molecular flexibility index (Phi) is 3.28. The largest absolute Gasteiger partial charge is 0.377 e. The van der Waals surface area contributed by atoms with Crippen molar-refractivity contribution in [2.24, 2.45) is 10.7 Å². The molecule has 0 unspecified atom stereocenters. The highest BCUT2D eigenvalue weighted by atomic mass is 16.5. The van der Waals surface area contributed by atoms with Crippen molar-refractivity contribution in [3.63, 3.8) is 0 Å². The smallest absolute Gasteiger partial charge is 0.192 e. The Morgan fingerprint density at radius 2 is 2.00 bits per heavy atom. The molecule has 0 spiro atoms. The van der Waals surface area contributed by atoms with Gasteiger partial charge in [-0.2, -0.15) is 0 Å². The second-order valence-corrected chi connectivity index (χ2v) is 5.66. The van der Waals surface area contributed by atoms with Gasteiger partial charge in [0.15, 0.2) is 5.96 Å². The molecule has 1 heterocycles. The summed E-state index contributed by atoms with van der Waals surface area (Å²) < 4.78 is 5.44. The summed E-state index contributed by atoms with van der Waals surface area (Å²) in [7, 11) is 0. The van der Waals surface area contributed by atoms with Crippen LogP contribution in [0.2, 0.25) is 0 Å². The number of aliphatic imine (C=N–C) groups is 1. The van der Waals surface area contributed by atoms with E-state index in [0.717, 1.165) is 13.2 Å². The third-order valence-electron chi connectivity index (χ3n) is 2.37. The molecule has 2 N–H and O–H groups in total. The highest BCUT2D eigenvalue weighted by molar-refractivity contribution is 5.79. The Balaban J connectivity index is 2.82. The van der Waals surface area contributed by atoms with Gasteiger partial charge in [0.05, 0.1) is 24.3 Å². The van der Waals surface area contributed by atoms with Gasteiger partial charge in [0.25, 0.3) is 0 Å². The maximum absolute atomic E-state index is 6.03. The number of rotatable bonds is 0. The van der Waals surface area contributed by atoms with E-state index in [9.17, 15) is 0 Å². The molecule has 4 nitrogen and oxygen atoms in total. The molecule has 0 aromatic carbocycles. The van der Waals surface area contributed by atoms with Crippen LogP contribution in [0.1, 0.15) is 34.6 Å². The van der Waals surface area contributed by atoms with E-state index >= 15 is 0 Å². The zero-order chi connectivity index (χ0) is 11.7. The van der Waals surface area contributed by atoms with Crippen molar-refractivity contribution in [3.8, 4) is 0 Å². The van der Waals surface area contributed by atoms with Crippen LogP contribution in [-0.2, 0) is 4.74 Å². The van der Waals surface area contributed by atoms with Crippen LogP contribution in [0.4, 0.5) is 0 Å². The first-order valence-electron chi connectivity index (χ1n) is 5.43. The number of ether oxygens (including phenoxy) is 1. The van der Waals surface area contributed by atoms with Crippen LogP contribution < -0.4 is 5.73 Å². The second kappa shape index (κ2) is 4.00. The van der Waals surface area contributed by atoms with Gasteiger partial charge in [0.2, 0.25) is 0 Å². The number of guanidine groups is 1. The molecule has 0 saturated carbocycles. The lowest BCUT2D eigenvalue weighted by atomic mass is 10.0. The van der Waals surface area contributed by atoms with Gasteiger partial charge in [-0.25, -0.2) is 4.99 Å². The fourth-order valence-corrected chi connectivity index (χ4v) is 1.69. The number of hydrogen-bond acceptors (Lipinski definition) is 2. The third kappa shape index (κ3) is 3.38. The summed E-state index contributed by atoms with van der Waals surface area (Å²) in [5, 5.41) is 0. The SMILES string of the molecule is CC(C)(C)N=C(N)N1CCOCC1(C)C. The van der Waals surface area contributed by atoms with E-state index in [4.69, 9.17) is 10.5 Å². The number of nitrogens with zero attached hydrogens (tertiary/aromatic N) is 2. The molecule has 1 rings (SSSR count). The average molecular weight is 213 g/mol. The zero-order valence-electron chi connectivity index (χ0n) is 10.5. The van der Waals surface area contributed by atoms with Crippen molar-refractivity contribution in [2.45, 2.75) is 45.7 Å². The molecule has 1 saturated heterocycles. The maximum Gasteiger partial charge on any atom is 0.192 e. The van der Waals surface area contributed by atoms with Gasteiger partial charge in [0.1, 0.15) is 0 Å². The van der Waals surface area contributed by atoms with Gasteiger partial charge in [-0.05, 0) is 34.6 Å². The van der Waals surface area contributed by atoms with Crippen molar-refractivity contribution in [1.82, 2.24) is 4.90 Å². The van der Waals surface area contributed by atoms with E-state index in [1.807, 2.05) is 20.8 Å². The van der Waals surface area contributed by atoms with Gasteiger partial charge in [-0.15, -0.1) is 0 Å². The average Bonchev–Trinajstić information content (AvgIpc) is 1.99. The van der Waals surface area contributed by atoms with Gasteiger partial charge in [-0.1, -0.05) is 0 Å².